The van der Waals surface area contributed by atoms with E-state index in [-0.39, 0.29) is 11.9 Å². The Morgan fingerprint density at radius 3 is 2.72 bits per heavy atom. The molecule has 1 unspecified atom stereocenters. The molecule has 0 N–H and O–H groups in total. The first-order chi connectivity index (χ1) is 14.2. The number of carbonyl (C=O) groups excluding carboxylic acids is 1. The Kier molecular flexibility index (Phi) is 6.70. The highest BCUT2D eigenvalue weighted by molar-refractivity contribution is 5.95. The predicted molar refractivity (Wildman–Crippen MR) is 113 cm³/mol. The molecule has 2 heterocycles. The third-order valence-electron chi connectivity index (χ3n) is 5.00. The topological polar surface area (TPSA) is 69.9 Å². The summed E-state index contributed by atoms with van der Waals surface area (Å²) >= 11 is 0. The zero-order valence-corrected chi connectivity index (χ0v) is 16.7. The van der Waals surface area contributed by atoms with Gasteiger partial charge in [-0.1, -0.05) is 38.0 Å². The summed E-state index contributed by atoms with van der Waals surface area (Å²) in [4.78, 5) is 23.6. The van der Waals surface area contributed by atoms with Crippen molar-refractivity contribution in [1.29, 1.82) is 5.26 Å². The second-order valence-corrected chi connectivity index (χ2v) is 6.95. The molecule has 0 aliphatic carbocycles. The van der Waals surface area contributed by atoms with Crippen LogP contribution in [0.3, 0.4) is 0 Å². The zero-order valence-electron chi connectivity index (χ0n) is 16.7. The van der Waals surface area contributed by atoms with Gasteiger partial charge in [-0.05, 0) is 42.3 Å². The van der Waals surface area contributed by atoms with Crippen LogP contribution in [0, 0.1) is 11.3 Å². The van der Waals surface area contributed by atoms with Crippen molar-refractivity contribution >= 4 is 5.91 Å². The van der Waals surface area contributed by atoms with Crippen LogP contribution in [0.2, 0.25) is 0 Å². The molecule has 0 aliphatic heterocycles. The lowest BCUT2D eigenvalue weighted by atomic mass is 9.99. The van der Waals surface area contributed by atoms with Crippen LogP contribution in [0.5, 0.6) is 0 Å². The van der Waals surface area contributed by atoms with Crippen molar-refractivity contribution in [3.05, 3.63) is 83.8 Å². The van der Waals surface area contributed by atoms with Gasteiger partial charge in [-0.15, -0.1) is 0 Å². The Balaban J connectivity index is 1.92. The second-order valence-electron chi connectivity index (χ2n) is 6.95. The number of benzene rings is 1. The molecular weight excluding hydrogens is 360 g/mol. The average molecular weight is 384 g/mol. The average Bonchev–Trinajstić information content (AvgIpc) is 2.79. The van der Waals surface area contributed by atoms with Gasteiger partial charge in [0.15, 0.2) is 0 Å². The van der Waals surface area contributed by atoms with Crippen LogP contribution in [-0.2, 0) is 0 Å². The minimum absolute atomic E-state index is 0.0377. The summed E-state index contributed by atoms with van der Waals surface area (Å²) in [5, 5.41) is 9.36. The van der Waals surface area contributed by atoms with Gasteiger partial charge in [0.05, 0.1) is 17.3 Å². The van der Waals surface area contributed by atoms with Crippen molar-refractivity contribution in [2.45, 2.75) is 32.2 Å². The number of pyridine rings is 2. The summed E-state index contributed by atoms with van der Waals surface area (Å²) in [5.41, 5.74) is 3.44. The van der Waals surface area contributed by atoms with Gasteiger partial charge in [0, 0.05) is 36.8 Å². The summed E-state index contributed by atoms with van der Waals surface area (Å²) in [6.45, 7) is 2.14. The summed E-state index contributed by atoms with van der Waals surface area (Å²) in [6.07, 6.45) is 8.18. The molecule has 1 aromatic carbocycles. The van der Waals surface area contributed by atoms with Gasteiger partial charge >= 0.3 is 0 Å². The lowest BCUT2D eigenvalue weighted by molar-refractivity contribution is 0.0720. The van der Waals surface area contributed by atoms with Crippen molar-refractivity contribution in [1.82, 2.24) is 14.9 Å². The zero-order chi connectivity index (χ0) is 20.6. The van der Waals surface area contributed by atoms with Crippen LogP contribution < -0.4 is 0 Å². The van der Waals surface area contributed by atoms with Crippen molar-refractivity contribution in [2.24, 2.45) is 0 Å². The number of hydrogen-bond acceptors (Lipinski definition) is 4. The fourth-order valence-electron chi connectivity index (χ4n) is 3.42. The molecule has 0 spiro atoms. The van der Waals surface area contributed by atoms with E-state index in [1.54, 1.807) is 35.5 Å². The van der Waals surface area contributed by atoms with E-state index < -0.39 is 0 Å². The van der Waals surface area contributed by atoms with Crippen LogP contribution in [0.1, 0.15) is 53.7 Å². The van der Waals surface area contributed by atoms with Crippen molar-refractivity contribution in [3.8, 4) is 17.3 Å². The molecule has 0 radical (unpaired) electrons. The third kappa shape index (κ3) is 4.67. The normalized spacial score (nSPS) is 11.5. The van der Waals surface area contributed by atoms with Crippen molar-refractivity contribution < 1.29 is 4.79 Å². The quantitative estimate of drug-likeness (QED) is 0.573. The molecule has 5 heteroatoms. The summed E-state index contributed by atoms with van der Waals surface area (Å²) in [7, 11) is 1.84. The minimum Gasteiger partial charge on any atom is -0.335 e. The maximum atomic E-state index is 13.3. The first kappa shape index (κ1) is 20.2. The monoisotopic (exact) mass is 384 g/mol. The Morgan fingerprint density at radius 1 is 1.17 bits per heavy atom. The maximum Gasteiger partial charge on any atom is 0.254 e. The number of aromatic nitrogens is 2. The molecule has 0 saturated heterocycles. The Bertz CT molecular complexity index is 1010. The molecule has 5 nitrogen and oxygen atoms in total. The SMILES string of the molecule is CCCCC(c1cccnc1)N(C)C(=O)c1cccc(-c2ncccc2C#N)c1. The number of hydrogen-bond donors (Lipinski definition) is 0. The van der Waals surface area contributed by atoms with E-state index in [2.05, 4.69) is 23.0 Å². The summed E-state index contributed by atoms with van der Waals surface area (Å²) in [5.74, 6) is -0.0637. The second kappa shape index (κ2) is 9.61. The molecule has 2 aromatic heterocycles. The Hall–Kier alpha value is -3.52. The van der Waals surface area contributed by atoms with Gasteiger partial charge in [-0.3, -0.25) is 14.8 Å². The number of amides is 1. The minimum atomic E-state index is -0.0637. The van der Waals surface area contributed by atoms with Crippen molar-refractivity contribution in [3.63, 3.8) is 0 Å². The summed E-state index contributed by atoms with van der Waals surface area (Å²) < 4.78 is 0. The van der Waals surface area contributed by atoms with E-state index in [0.717, 1.165) is 30.4 Å². The fourth-order valence-corrected chi connectivity index (χ4v) is 3.42. The molecule has 0 saturated carbocycles. The Labute approximate surface area is 171 Å². The van der Waals surface area contributed by atoms with E-state index in [4.69, 9.17) is 0 Å². The van der Waals surface area contributed by atoms with E-state index in [1.807, 2.05) is 43.6 Å². The number of carbonyl (C=O) groups is 1. The molecule has 3 aromatic rings. The van der Waals surface area contributed by atoms with Gasteiger partial charge in [0.2, 0.25) is 0 Å². The van der Waals surface area contributed by atoms with Gasteiger partial charge in [0.25, 0.3) is 5.91 Å². The molecule has 0 aliphatic rings. The molecule has 1 atom stereocenters. The molecule has 146 valence electrons. The van der Waals surface area contributed by atoms with Crippen molar-refractivity contribution in [2.75, 3.05) is 7.05 Å². The number of nitriles is 1. The first-order valence-corrected chi connectivity index (χ1v) is 9.78. The lowest BCUT2D eigenvalue weighted by Gasteiger charge is -2.28. The highest BCUT2D eigenvalue weighted by Crippen LogP contribution is 2.28. The van der Waals surface area contributed by atoms with E-state index in [0.29, 0.717) is 16.8 Å². The molecule has 0 bridgehead atoms. The van der Waals surface area contributed by atoms with Crippen LogP contribution in [0.4, 0.5) is 0 Å². The van der Waals surface area contributed by atoms with E-state index in [1.165, 1.54) is 0 Å². The standard InChI is InChI=1S/C24H24N4O/c1-3-4-12-22(21-11-6-13-26-17-21)28(2)24(29)19-9-5-8-18(15-19)23-20(16-25)10-7-14-27-23/h5-11,13-15,17,22H,3-4,12H2,1-2H3. The Morgan fingerprint density at radius 2 is 2.00 bits per heavy atom. The van der Waals surface area contributed by atoms with Gasteiger partial charge in [-0.25, -0.2) is 0 Å². The van der Waals surface area contributed by atoms with Crippen LogP contribution in [0.15, 0.2) is 67.1 Å². The molecular formula is C24H24N4O. The first-order valence-electron chi connectivity index (χ1n) is 9.78. The highest BCUT2D eigenvalue weighted by atomic mass is 16.2. The number of rotatable bonds is 7. The lowest BCUT2D eigenvalue weighted by Crippen LogP contribution is -2.31. The smallest absolute Gasteiger partial charge is 0.254 e. The van der Waals surface area contributed by atoms with Gasteiger partial charge < -0.3 is 4.90 Å². The number of unbranched alkanes of at least 4 members (excludes halogenated alkanes) is 1. The fraction of sp³-hybridized carbons (Fsp3) is 0.250. The van der Waals surface area contributed by atoms with E-state index in [9.17, 15) is 10.1 Å². The van der Waals surface area contributed by atoms with Crippen LogP contribution in [0.25, 0.3) is 11.3 Å². The van der Waals surface area contributed by atoms with E-state index >= 15 is 0 Å². The molecule has 3 rings (SSSR count). The van der Waals surface area contributed by atoms with Crippen LogP contribution >= 0.6 is 0 Å². The number of nitrogens with zero attached hydrogens (tertiary/aromatic N) is 4. The van der Waals surface area contributed by atoms with Crippen LogP contribution in [-0.4, -0.2) is 27.8 Å². The highest BCUT2D eigenvalue weighted by Gasteiger charge is 2.23. The largest absolute Gasteiger partial charge is 0.335 e. The molecule has 1 amide bonds. The van der Waals surface area contributed by atoms with Gasteiger partial charge in [-0.2, -0.15) is 5.26 Å². The third-order valence-corrected chi connectivity index (χ3v) is 5.00. The maximum absolute atomic E-state index is 13.3. The molecule has 29 heavy (non-hydrogen) atoms. The summed E-state index contributed by atoms with van der Waals surface area (Å²) in [6, 6.07) is 16.8. The molecule has 0 fully saturated rings. The predicted octanol–water partition coefficient (Wildman–Crippen LogP) is 5.02. The van der Waals surface area contributed by atoms with Gasteiger partial charge in [0.1, 0.15) is 6.07 Å².